The van der Waals surface area contributed by atoms with Gasteiger partial charge in [0.1, 0.15) is 10.6 Å². The Morgan fingerprint density at radius 2 is 2.17 bits per heavy atom. The first-order valence-electron chi connectivity index (χ1n) is 7.08. The van der Waals surface area contributed by atoms with E-state index in [9.17, 15) is 9.59 Å². The molecule has 1 N–H and O–H groups in total. The molecule has 7 heteroatoms. The van der Waals surface area contributed by atoms with Gasteiger partial charge in [0.15, 0.2) is 10.8 Å². The molecule has 0 atom stereocenters. The highest BCUT2D eigenvalue weighted by Gasteiger charge is 2.17. The number of aryl methyl sites for hydroxylation is 2. The molecule has 0 aromatic carbocycles. The number of nitrogens with one attached hydrogen (secondary N) is 1. The molecule has 0 aliphatic heterocycles. The average Bonchev–Trinajstić information content (AvgIpc) is 3.12. The maximum Gasteiger partial charge on any atom is 0.330 e. The summed E-state index contributed by atoms with van der Waals surface area (Å²) in [6.07, 6.45) is 3.53. The number of amides is 1. The van der Waals surface area contributed by atoms with Crippen molar-refractivity contribution in [1.82, 2.24) is 10.3 Å². The molecule has 122 valence electrons. The molecular formula is C16H18N2O4S. The van der Waals surface area contributed by atoms with E-state index >= 15 is 0 Å². The fraction of sp³-hybridized carbons (Fsp3) is 0.312. The van der Waals surface area contributed by atoms with E-state index in [-0.39, 0.29) is 5.91 Å². The van der Waals surface area contributed by atoms with Gasteiger partial charge in [0.05, 0.1) is 12.8 Å². The first kappa shape index (κ1) is 17.0. The molecule has 0 spiro atoms. The highest BCUT2D eigenvalue weighted by Crippen LogP contribution is 2.29. The average molecular weight is 334 g/mol. The third kappa shape index (κ3) is 4.53. The van der Waals surface area contributed by atoms with E-state index in [2.05, 4.69) is 15.0 Å². The molecule has 2 aromatic rings. The second kappa shape index (κ2) is 7.73. The normalized spacial score (nSPS) is 10.9. The largest absolute Gasteiger partial charge is 0.466 e. The molecule has 2 aromatic heterocycles. The monoisotopic (exact) mass is 334 g/mol. The summed E-state index contributed by atoms with van der Waals surface area (Å²) in [6.45, 7) is 4.08. The lowest BCUT2D eigenvalue weighted by Crippen LogP contribution is -2.23. The van der Waals surface area contributed by atoms with Gasteiger partial charge >= 0.3 is 5.97 Å². The van der Waals surface area contributed by atoms with Crippen LogP contribution in [-0.2, 0) is 9.53 Å². The summed E-state index contributed by atoms with van der Waals surface area (Å²) in [6, 6.07) is 3.70. The van der Waals surface area contributed by atoms with Crippen molar-refractivity contribution in [3.63, 3.8) is 0 Å². The molecule has 23 heavy (non-hydrogen) atoms. The third-order valence-electron chi connectivity index (χ3n) is 3.01. The Morgan fingerprint density at radius 1 is 1.39 bits per heavy atom. The lowest BCUT2D eigenvalue weighted by molar-refractivity contribution is -0.134. The summed E-state index contributed by atoms with van der Waals surface area (Å²) in [4.78, 5) is 28.0. The zero-order valence-electron chi connectivity index (χ0n) is 13.2. The number of carbonyl (C=O) groups excluding carboxylic acids is 2. The van der Waals surface area contributed by atoms with Crippen molar-refractivity contribution >= 4 is 23.2 Å². The number of furan rings is 1. The lowest BCUT2D eigenvalue weighted by atomic mass is 10.3. The van der Waals surface area contributed by atoms with Crippen LogP contribution in [0.2, 0.25) is 0 Å². The number of methoxy groups -OCH3 is 1. The van der Waals surface area contributed by atoms with Gasteiger partial charge in [-0.2, -0.15) is 0 Å². The number of ether oxygens (including phenoxy) is 1. The molecule has 0 saturated heterocycles. The molecule has 1 amide bonds. The Morgan fingerprint density at radius 3 is 2.83 bits per heavy atom. The van der Waals surface area contributed by atoms with Crippen molar-refractivity contribution in [2.75, 3.05) is 13.7 Å². The van der Waals surface area contributed by atoms with E-state index in [1.54, 1.807) is 13.0 Å². The highest BCUT2D eigenvalue weighted by atomic mass is 32.1. The van der Waals surface area contributed by atoms with E-state index in [1.165, 1.54) is 24.5 Å². The number of rotatable bonds is 6. The minimum Gasteiger partial charge on any atom is -0.466 e. The van der Waals surface area contributed by atoms with Gasteiger partial charge in [-0.25, -0.2) is 9.78 Å². The molecule has 2 heterocycles. The van der Waals surface area contributed by atoms with Crippen molar-refractivity contribution < 1.29 is 18.7 Å². The number of aromatic nitrogens is 1. The van der Waals surface area contributed by atoms with Crippen LogP contribution < -0.4 is 5.32 Å². The Hall–Kier alpha value is -2.41. The minimum absolute atomic E-state index is 0.180. The third-order valence-corrected chi connectivity index (χ3v) is 4.18. The standard InChI is InChI=1S/C16H18N2O4S/c1-10-7-8-12(22-10)16-18-11(2)14(23-16)15(20)17-9-5-4-6-13(19)21-3/h4,6-8H,5,9H2,1-3H3,(H,17,20)/b6-4+. The van der Waals surface area contributed by atoms with E-state index in [1.807, 2.05) is 19.1 Å². The van der Waals surface area contributed by atoms with Crippen molar-refractivity contribution in [2.24, 2.45) is 0 Å². The van der Waals surface area contributed by atoms with Gasteiger partial charge in [-0.05, 0) is 32.4 Å². The van der Waals surface area contributed by atoms with Gasteiger partial charge in [-0.3, -0.25) is 4.79 Å². The molecule has 6 nitrogen and oxygen atoms in total. The minimum atomic E-state index is -0.409. The van der Waals surface area contributed by atoms with Crippen molar-refractivity contribution in [3.05, 3.63) is 40.6 Å². The van der Waals surface area contributed by atoms with Crippen LogP contribution in [0.5, 0.6) is 0 Å². The fourth-order valence-electron chi connectivity index (χ4n) is 1.86. The van der Waals surface area contributed by atoms with Crippen molar-refractivity contribution in [1.29, 1.82) is 0 Å². The summed E-state index contributed by atoms with van der Waals surface area (Å²) in [5.41, 5.74) is 0.668. The Bertz CT molecular complexity index is 730. The van der Waals surface area contributed by atoms with Crippen LogP contribution in [0.3, 0.4) is 0 Å². The summed E-state index contributed by atoms with van der Waals surface area (Å²) in [7, 11) is 1.32. The molecule has 0 aliphatic rings. The van der Waals surface area contributed by atoms with Gasteiger partial charge in [0, 0.05) is 12.6 Å². The van der Waals surface area contributed by atoms with Gasteiger partial charge in [-0.1, -0.05) is 6.08 Å². The van der Waals surface area contributed by atoms with E-state index in [0.29, 0.717) is 34.3 Å². The van der Waals surface area contributed by atoms with Crippen LogP contribution >= 0.6 is 11.3 Å². The molecule has 2 rings (SSSR count). The maximum absolute atomic E-state index is 12.2. The Kier molecular flexibility index (Phi) is 5.70. The van der Waals surface area contributed by atoms with E-state index in [0.717, 1.165) is 5.76 Å². The van der Waals surface area contributed by atoms with Crippen molar-refractivity contribution in [3.8, 4) is 10.8 Å². The number of carbonyl (C=O) groups is 2. The molecule has 0 saturated carbocycles. The smallest absolute Gasteiger partial charge is 0.330 e. The second-order valence-corrected chi connectivity index (χ2v) is 5.81. The number of hydrogen-bond acceptors (Lipinski definition) is 6. The zero-order chi connectivity index (χ0) is 16.8. The topological polar surface area (TPSA) is 81.4 Å². The van der Waals surface area contributed by atoms with E-state index in [4.69, 9.17) is 4.42 Å². The van der Waals surface area contributed by atoms with Crippen LogP contribution in [0.15, 0.2) is 28.7 Å². The summed E-state index contributed by atoms with van der Waals surface area (Å²) >= 11 is 1.30. The fourth-order valence-corrected chi connectivity index (χ4v) is 2.80. The van der Waals surface area contributed by atoms with Gasteiger partial charge < -0.3 is 14.5 Å². The highest BCUT2D eigenvalue weighted by molar-refractivity contribution is 7.17. The van der Waals surface area contributed by atoms with Gasteiger partial charge in [-0.15, -0.1) is 11.3 Å². The van der Waals surface area contributed by atoms with Gasteiger partial charge in [0.25, 0.3) is 5.91 Å². The summed E-state index contributed by atoms with van der Waals surface area (Å²) in [5.74, 6) is 0.876. The number of hydrogen-bond donors (Lipinski definition) is 1. The quantitative estimate of drug-likeness (QED) is 0.499. The maximum atomic E-state index is 12.2. The number of nitrogens with zero attached hydrogens (tertiary/aromatic N) is 1. The second-order valence-electron chi connectivity index (χ2n) is 4.81. The Labute approximate surface area is 138 Å². The van der Waals surface area contributed by atoms with Crippen LogP contribution in [0.1, 0.15) is 27.5 Å². The summed E-state index contributed by atoms with van der Waals surface area (Å²) in [5, 5.41) is 3.49. The summed E-state index contributed by atoms with van der Waals surface area (Å²) < 4.78 is 10.0. The number of thiazole rings is 1. The molecule has 0 aliphatic carbocycles. The van der Waals surface area contributed by atoms with E-state index < -0.39 is 5.97 Å². The molecule has 0 radical (unpaired) electrons. The SMILES string of the molecule is COC(=O)/C=C/CCNC(=O)c1sc(-c2ccc(C)o2)nc1C. The first-order chi connectivity index (χ1) is 11.0. The first-order valence-corrected chi connectivity index (χ1v) is 7.90. The van der Waals surface area contributed by atoms with Crippen LogP contribution in [0.25, 0.3) is 10.8 Å². The molecule has 0 unspecified atom stereocenters. The predicted octanol–water partition coefficient (Wildman–Crippen LogP) is 2.87. The van der Waals surface area contributed by atoms with Gasteiger partial charge in [0.2, 0.25) is 0 Å². The molecule has 0 fully saturated rings. The molecular weight excluding hydrogens is 316 g/mol. The molecule has 0 bridgehead atoms. The number of esters is 1. The Balaban J connectivity index is 1.94. The zero-order valence-corrected chi connectivity index (χ0v) is 14.0. The van der Waals surface area contributed by atoms with Crippen LogP contribution in [0, 0.1) is 13.8 Å². The van der Waals surface area contributed by atoms with Crippen LogP contribution in [-0.4, -0.2) is 30.5 Å². The lowest BCUT2D eigenvalue weighted by Gasteiger charge is -2.01. The predicted molar refractivity (Wildman–Crippen MR) is 87.4 cm³/mol. The van der Waals surface area contributed by atoms with Crippen molar-refractivity contribution in [2.45, 2.75) is 20.3 Å². The van der Waals surface area contributed by atoms with Crippen LogP contribution in [0.4, 0.5) is 0 Å².